The number of hydrogen-bond acceptors (Lipinski definition) is 4. The summed E-state index contributed by atoms with van der Waals surface area (Å²) in [5, 5.41) is 0. The fourth-order valence-corrected chi connectivity index (χ4v) is 2.45. The molecule has 0 aromatic heterocycles. The highest BCUT2D eigenvalue weighted by Crippen LogP contribution is 2.40. The van der Waals surface area contributed by atoms with E-state index >= 15 is 0 Å². The molecule has 15 heavy (non-hydrogen) atoms. The minimum atomic E-state index is 0.154. The molecule has 2 rings (SSSR count). The standard InChI is InChI=1S/C11H15NO2S/c1-7(12)3-8-4-10(13-2)9-6-15-14-11(9)5-8/h4-5,7H,3,6,12H2,1-2H3. The maximum Gasteiger partial charge on any atom is 0.145 e. The van der Waals surface area contributed by atoms with Crippen LogP contribution in [0.2, 0.25) is 0 Å². The van der Waals surface area contributed by atoms with Gasteiger partial charge in [-0.2, -0.15) is 0 Å². The van der Waals surface area contributed by atoms with Crippen molar-refractivity contribution in [3.05, 3.63) is 23.3 Å². The van der Waals surface area contributed by atoms with Gasteiger partial charge < -0.3 is 14.7 Å². The molecule has 1 heterocycles. The molecular weight excluding hydrogens is 210 g/mol. The van der Waals surface area contributed by atoms with Crippen LogP contribution in [0.1, 0.15) is 18.1 Å². The van der Waals surface area contributed by atoms with Crippen LogP contribution in [0.4, 0.5) is 0 Å². The predicted molar refractivity (Wildman–Crippen MR) is 62.3 cm³/mol. The Bertz CT molecular complexity index is 366. The third-order valence-corrected chi connectivity index (χ3v) is 3.06. The van der Waals surface area contributed by atoms with Crippen LogP contribution in [-0.2, 0) is 12.2 Å². The second-order valence-electron chi connectivity index (χ2n) is 3.80. The van der Waals surface area contributed by atoms with Gasteiger partial charge in [-0.05, 0) is 31.0 Å². The van der Waals surface area contributed by atoms with Gasteiger partial charge in [0.05, 0.1) is 30.5 Å². The summed E-state index contributed by atoms with van der Waals surface area (Å²) in [6.07, 6.45) is 0.845. The Labute approximate surface area is 94.1 Å². The Morgan fingerprint density at radius 1 is 1.60 bits per heavy atom. The van der Waals surface area contributed by atoms with Crippen molar-refractivity contribution < 1.29 is 8.92 Å². The van der Waals surface area contributed by atoms with Crippen molar-refractivity contribution in [2.45, 2.75) is 25.1 Å². The molecule has 0 fully saturated rings. The fourth-order valence-electron chi connectivity index (χ4n) is 1.71. The van der Waals surface area contributed by atoms with Gasteiger partial charge in [0.15, 0.2) is 0 Å². The summed E-state index contributed by atoms with van der Waals surface area (Å²) in [4.78, 5) is 0. The summed E-state index contributed by atoms with van der Waals surface area (Å²) in [5.74, 6) is 2.69. The molecule has 0 radical (unpaired) electrons. The molecule has 1 unspecified atom stereocenters. The van der Waals surface area contributed by atoms with E-state index in [4.69, 9.17) is 14.7 Å². The van der Waals surface area contributed by atoms with Crippen LogP contribution in [0.5, 0.6) is 11.5 Å². The summed E-state index contributed by atoms with van der Waals surface area (Å²) in [7, 11) is 1.69. The summed E-state index contributed by atoms with van der Waals surface area (Å²) in [6, 6.07) is 4.26. The first kappa shape index (κ1) is 10.6. The van der Waals surface area contributed by atoms with Crippen LogP contribution in [0.25, 0.3) is 0 Å². The normalized spacial score (nSPS) is 15.7. The topological polar surface area (TPSA) is 44.5 Å². The highest BCUT2D eigenvalue weighted by atomic mass is 32.2. The van der Waals surface area contributed by atoms with Crippen molar-refractivity contribution in [3.63, 3.8) is 0 Å². The number of benzene rings is 1. The number of ether oxygens (including phenoxy) is 1. The molecule has 1 aromatic carbocycles. The van der Waals surface area contributed by atoms with E-state index in [2.05, 4.69) is 12.1 Å². The molecule has 1 aromatic rings. The van der Waals surface area contributed by atoms with Crippen molar-refractivity contribution in [1.82, 2.24) is 0 Å². The van der Waals surface area contributed by atoms with Crippen LogP contribution >= 0.6 is 12.0 Å². The summed E-state index contributed by atoms with van der Waals surface area (Å²) < 4.78 is 10.8. The Hall–Kier alpha value is -0.870. The number of rotatable bonds is 3. The van der Waals surface area contributed by atoms with Crippen LogP contribution in [0, 0.1) is 0 Å². The first-order valence-corrected chi connectivity index (χ1v) is 5.86. The van der Waals surface area contributed by atoms with Crippen molar-refractivity contribution in [1.29, 1.82) is 0 Å². The molecule has 4 heteroatoms. The summed E-state index contributed by atoms with van der Waals surface area (Å²) in [5.41, 5.74) is 8.09. The van der Waals surface area contributed by atoms with E-state index in [0.717, 1.165) is 29.2 Å². The van der Waals surface area contributed by atoms with E-state index in [1.165, 1.54) is 17.6 Å². The lowest BCUT2D eigenvalue weighted by molar-refractivity contribution is 0.409. The lowest BCUT2D eigenvalue weighted by Gasteiger charge is -2.10. The van der Waals surface area contributed by atoms with Crippen LogP contribution in [0.15, 0.2) is 12.1 Å². The van der Waals surface area contributed by atoms with E-state index in [1.807, 2.05) is 6.92 Å². The number of fused-ring (bicyclic) bond motifs is 1. The number of hydrogen-bond donors (Lipinski definition) is 1. The largest absolute Gasteiger partial charge is 0.496 e. The smallest absolute Gasteiger partial charge is 0.145 e. The van der Waals surface area contributed by atoms with Crippen LogP contribution < -0.4 is 14.7 Å². The monoisotopic (exact) mass is 225 g/mol. The highest BCUT2D eigenvalue weighted by molar-refractivity contribution is 7.94. The quantitative estimate of drug-likeness (QED) is 0.800. The van der Waals surface area contributed by atoms with Gasteiger partial charge in [0.25, 0.3) is 0 Å². The van der Waals surface area contributed by atoms with Gasteiger partial charge in [-0.15, -0.1) is 0 Å². The highest BCUT2D eigenvalue weighted by Gasteiger charge is 2.19. The molecule has 0 amide bonds. The number of methoxy groups -OCH3 is 1. The summed E-state index contributed by atoms with van der Waals surface area (Å²) >= 11 is 1.45. The zero-order chi connectivity index (χ0) is 10.8. The van der Waals surface area contributed by atoms with Crippen molar-refractivity contribution in [3.8, 4) is 11.5 Å². The second kappa shape index (κ2) is 4.33. The van der Waals surface area contributed by atoms with Gasteiger partial charge >= 0.3 is 0 Å². The average molecular weight is 225 g/mol. The molecular formula is C11H15NO2S. The molecule has 82 valence electrons. The van der Waals surface area contributed by atoms with Crippen molar-refractivity contribution >= 4 is 12.0 Å². The lowest BCUT2D eigenvalue weighted by atomic mass is 10.0. The van der Waals surface area contributed by atoms with Gasteiger partial charge in [0.2, 0.25) is 0 Å². The van der Waals surface area contributed by atoms with E-state index < -0.39 is 0 Å². The van der Waals surface area contributed by atoms with Crippen LogP contribution in [0.3, 0.4) is 0 Å². The van der Waals surface area contributed by atoms with Gasteiger partial charge in [-0.25, -0.2) is 0 Å². The van der Waals surface area contributed by atoms with Gasteiger partial charge in [0, 0.05) is 6.04 Å². The minimum absolute atomic E-state index is 0.154. The van der Waals surface area contributed by atoms with Gasteiger partial charge in [-0.1, -0.05) is 0 Å². The first-order chi connectivity index (χ1) is 7.20. The zero-order valence-corrected chi connectivity index (χ0v) is 9.76. The molecule has 0 spiro atoms. The van der Waals surface area contributed by atoms with Gasteiger partial charge in [0.1, 0.15) is 11.5 Å². The van der Waals surface area contributed by atoms with Crippen LogP contribution in [-0.4, -0.2) is 13.2 Å². The Kier molecular flexibility index (Phi) is 3.07. The number of nitrogens with two attached hydrogens (primary N) is 1. The molecule has 0 aliphatic carbocycles. The molecule has 2 N–H and O–H groups in total. The van der Waals surface area contributed by atoms with E-state index in [0.29, 0.717) is 0 Å². The van der Waals surface area contributed by atoms with E-state index in [9.17, 15) is 0 Å². The Morgan fingerprint density at radius 2 is 2.40 bits per heavy atom. The first-order valence-electron chi connectivity index (χ1n) is 4.95. The molecule has 0 bridgehead atoms. The molecule has 1 aliphatic heterocycles. The molecule has 1 aliphatic rings. The zero-order valence-electron chi connectivity index (χ0n) is 8.95. The maximum atomic E-state index is 5.77. The Morgan fingerprint density at radius 3 is 3.07 bits per heavy atom. The lowest BCUT2D eigenvalue weighted by Crippen LogP contribution is -2.17. The second-order valence-corrected chi connectivity index (χ2v) is 4.49. The molecule has 1 atom stereocenters. The molecule has 3 nitrogen and oxygen atoms in total. The molecule has 0 saturated carbocycles. The third kappa shape index (κ3) is 2.21. The third-order valence-electron chi connectivity index (χ3n) is 2.36. The SMILES string of the molecule is COc1cc(CC(C)N)cc2c1CSO2. The summed E-state index contributed by atoms with van der Waals surface area (Å²) in [6.45, 7) is 2.00. The predicted octanol–water partition coefficient (Wildman–Crippen LogP) is 2.13. The van der Waals surface area contributed by atoms with Crippen molar-refractivity contribution in [2.24, 2.45) is 5.73 Å². The van der Waals surface area contributed by atoms with Gasteiger partial charge in [-0.3, -0.25) is 0 Å². The Balaban J connectivity index is 2.34. The molecule has 0 saturated heterocycles. The van der Waals surface area contributed by atoms with E-state index in [-0.39, 0.29) is 6.04 Å². The fraction of sp³-hybridized carbons (Fsp3) is 0.455. The van der Waals surface area contributed by atoms with E-state index in [1.54, 1.807) is 7.11 Å². The van der Waals surface area contributed by atoms with Crippen molar-refractivity contribution in [2.75, 3.05) is 7.11 Å². The average Bonchev–Trinajstić information content (AvgIpc) is 2.63. The maximum absolute atomic E-state index is 5.77. The minimum Gasteiger partial charge on any atom is -0.496 e.